The third kappa shape index (κ3) is 3.35. The van der Waals surface area contributed by atoms with Gasteiger partial charge < -0.3 is 4.90 Å². The van der Waals surface area contributed by atoms with E-state index in [1.54, 1.807) is 36.2 Å². The second-order valence-electron chi connectivity index (χ2n) is 3.66. The highest BCUT2D eigenvalue weighted by Crippen LogP contribution is 2.08. The van der Waals surface area contributed by atoms with Gasteiger partial charge in [0.25, 0.3) is 5.91 Å². The molecular formula is C12H13BrN2O. The molecule has 1 amide bonds. The number of alkyl halides is 1. The van der Waals surface area contributed by atoms with Gasteiger partial charge >= 0.3 is 0 Å². The number of halogens is 1. The Kier molecular flexibility index (Phi) is 4.51. The summed E-state index contributed by atoms with van der Waals surface area (Å²) in [6.07, 6.45) is 0. The van der Waals surface area contributed by atoms with E-state index in [1.807, 2.05) is 13.0 Å². The van der Waals surface area contributed by atoms with Crippen LogP contribution in [-0.4, -0.2) is 29.2 Å². The van der Waals surface area contributed by atoms with E-state index >= 15 is 0 Å². The van der Waals surface area contributed by atoms with Gasteiger partial charge in [0, 0.05) is 24.0 Å². The number of carbonyl (C=O) groups is 1. The van der Waals surface area contributed by atoms with Crippen molar-refractivity contribution < 1.29 is 4.79 Å². The lowest BCUT2D eigenvalue weighted by atomic mass is 10.1. The number of carbonyl (C=O) groups excluding carboxylic acids is 1. The first kappa shape index (κ1) is 12.7. The summed E-state index contributed by atoms with van der Waals surface area (Å²) in [4.78, 5) is 13.8. The van der Waals surface area contributed by atoms with Crippen LogP contribution in [0, 0.1) is 11.3 Å². The van der Waals surface area contributed by atoms with Crippen LogP contribution in [0.15, 0.2) is 24.3 Å². The van der Waals surface area contributed by atoms with Gasteiger partial charge in [-0.2, -0.15) is 5.26 Å². The van der Waals surface area contributed by atoms with Crippen LogP contribution in [0.5, 0.6) is 0 Å². The van der Waals surface area contributed by atoms with E-state index in [1.165, 1.54) is 0 Å². The molecule has 0 heterocycles. The van der Waals surface area contributed by atoms with Crippen LogP contribution in [0.4, 0.5) is 0 Å². The fraction of sp³-hybridized carbons (Fsp3) is 0.333. The molecule has 1 unspecified atom stereocenters. The molecule has 0 fully saturated rings. The lowest BCUT2D eigenvalue weighted by Gasteiger charge is -2.18. The van der Waals surface area contributed by atoms with E-state index in [2.05, 4.69) is 15.9 Å². The molecule has 0 spiro atoms. The van der Waals surface area contributed by atoms with Gasteiger partial charge in [0.1, 0.15) is 0 Å². The Morgan fingerprint density at radius 2 is 2.06 bits per heavy atom. The Bertz CT molecular complexity index is 406. The van der Waals surface area contributed by atoms with Crippen molar-refractivity contribution in [2.24, 2.45) is 0 Å². The fourth-order valence-electron chi connectivity index (χ4n) is 1.37. The molecule has 1 rings (SSSR count). The van der Waals surface area contributed by atoms with Gasteiger partial charge in [-0.15, -0.1) is 0 Å². The van der Waals surface area contributed by atoms with Gasteiger partial charge in [-0.05, 0) is 24.3 Å². The van der Waals surface area contributed by atoms with Crippen molar-refractivity contribution in [2.75, 3.05) is 13.6 Å². The van der Waals surface area contributed by atoms with Gasteiger partial charge in [0.05, 0.1) is 11.6 Å². The second-order valence-corrected chi connectivity index (χ2v) is 5.22. The van der Waals surface area contributed by atoms with Crippen molar-refractivity contribution in [2.45, 2.75) is 11.8 Å². The van der Waals surface area contributed by atoms with E-state index in [-0.39, 0.29) is 10.7 Å². The normalized spacial score (nSPS) is 11.6. The fourth-order valence-corrected chi connectivity index (χ4v) is 1.80. The van der Waals surface area contributed by atoms with Crippen LogP contribution in [-0.2, 0) is 0 Å². The van der Waals surface area contributed by atoms with Gasteiger partial charge in [-0.25, -0.2) is 0 Å². The molecule has 0 N–H and O–H groups in total. The summed E-state index contributed by atoms with van der Waals surface area (Å²) < 4.78 is 0. The van der Waals surface area contributed by atoms with Crippen LogP contribution in [0.1, 0.15) is 22.8 Å². The summed E-state index contributed by atoms with van der Waals surface area (Å²) in [5, 5.41) is 8.64. The van der Waals surface area contributed by atoms with Crippen molar-refractivity contribution in [1.29, 1.82) is 5.26 Å². The first-order valence-corrected chi connectivity index (χ1v) is 5.86. The molecule has 3 nitrogen and oxygen atoms in total. The highest BCUT2D eigenvalue weighted by atomic mass is 79.9. The standard InChI is InChI=1S/C12H13BrN2O/c1-9(13)8-15(2)12(16)11-5-3-10(7-14)4-6-11/h3-6,9H,8H2,1-2H3. The van der Waals surface area contributed by atoms with E-state index in [9.17, 15) is 4.79 Å². The maximum Gasteiger partial charge on any atom is 0.253 e. The largest absolute Gasteiger partial charge is 0.341 e. The molecule has 1 aromatic rings. The molecule has 84 valence electrons. The van der Waals surface area contributed by atoms with Crippen LogP contribution in [0.25, 0.3) is 0 Å². The van der Waals surface area contributed by atoms with Crippen LogP contribution < -0.4 is 0 Å². The molecule has 16 heavy (non-hydrogen) atoms. The lowest BCUT2D eigenvalue weighted by Crippen LogP contribution is -2.31. The van der Waals surface area contributed by atoms with Crippen LogP contribution in [0.3, 0.4) is 0 Å². The Morgan fingerprint density at radius 1 is 1.50 bits per heavy atom. The number of amides is 1. The molecule has 0 saturated heterocycles. The Morgan fingerprint density at radius 3 is 2.50 bits per heavy atom. The first-order chi connectivity index (χ1) is 7.54. The maximum absolute atomic E-state index is 11.9. The van der Waals surface area contributed by atoms with Crippen LogP contribution >= 0.6 is 15.9 Å². The van der Waals surface area contributed by atoms with Crippen LogP contribution in [0.2, 0.25) is 0 Å². The smallest absolute Gasteiger partial charge is 0.253 e. The predicted molar refractivity (Wildman–Crippen MR) is 66.5 cm³/mol. The summed E-state index contributed by atoms with van der Waals surface area (Å²) in [5.74, 6) is -0.0317. The minimum absolute atomic E-state index is 0.0317. The van der Waals surface area contributed by atoms with E-state index in [4.69, 9.17) is 5.26 Å². The molecule has 1 atom stereocenters. The molecule has 0 aliphatic carbocycles. The SMILES string of the molecule is CC(Br)CN(C)C(=O)c1ccc(C#N)cc1. The summed E-state index contributed by atoms with van der Waals surface area (Å²) >= 11 is 3.40. The minimum atomic E-state index is -0.0317. The van der Waals surface area contributed by atoms with Gasteiger partial charge in [-0.3, -0.25) is 4.79 Å². The maximum atomic E-state index is 11.9. The highest BCUT2D eigenvalue weighted by molar-refractivity contribution is 9.09. The molecule has 0 radical (unpaired) electrons. The van der Waals surface area contributed by atoms with E-state index in [0.717, 1.165) is 0 Å². The number of rotatable bonds is 3. The zero-order valence-corrected chi connectivity index (χ0v) is 10.9. The summed E-state index contributed by atoms with van der Waals surface area (Å²) in [6, 6.07) is 8.68. The molecule has 1 aromatic carbocycles. The minimum Gasteiger partial charge on any atom is -0.341 e. The second kappa shape index (κ2) is 5.66. The molecule has 0 bridgehead atoms. The van der Waals surface area contributed by atoms with Crippen molar-refractivity contribution in [3.05, 3.63) is 35.4 Å². The van der Waals surface area contributed by atoms with Gasteiger partial charge in [0.2, 0.25) is 0 Å². The third-order valence-electron chi connectivity index (χ3n) is 2.13. The monoisotopic (exact) mass is 280 g/mol. The Labute approximate surface area is 104 Å². The first-order valence-electron chi connectivity index (χ1n) is 4.94. The zero-order chi connectivity index (χ0) is 12.1. The van der Waals surface area contributed by atoms with Crippen molar-refractivity contribution in [1.82, 2.24) is 4.90 Å². The number of hydrogen-bond acceptors (Lipinski definition) is 2. The van der Waals surface area contributed by atoms with Gasteiger partial charge in [-0.1, -0.05) is 22.9 Å². The topological polar surface area (TPSA) is 44.1 Å². The Hall–Kier alpha value is -1.34. The summed E-state index contributed by atoms with van der Waals surface area (Å²) in [6.45, 7) is 2.64. The lowest BCUT2D eigenvalue weighted by molar-refractivity contribution is 0.0797. The van der Waals surface area contributed by atoms with E-state index in [0.29, 0.717) is 17.7 Å². The number of hydrogen-bond donors (Lipinski definition) is 0. The van der Waals surface area contributed by atoms with Gasteiger partial charge in [0.15, 0.2) is 0 Å². The molecule has 0 aliphatic heterocycles. The third-order valence-corrected chi connectivity index (χ3v) is 2.42. The Balaban J connectivity index is 2.77. The molecule has 0 aromatic heterocycles. The van der Waals surface area contributed by atoms with E-state index < -0.39 is 0 Å². The molecule has 0 aliphatic rings. The summed E-state index contributed by atoms with van der Waals surface area (Å²) in [5.41, 5.74) is 1.17. The number of benzene rings is 1. The highest BCUT2D eigenvalue weighted by Gasteiger charge is 2.12. The number of nitriles is 1. The average molecular weight is 281 g/mol. The quantitative estimate of drug-likeness (QED) is 0.799. The summed E-state index contributed by atoms with van der Waals surface area (Å²) in [7, 11) is 1.76. The van der Waals surface area contributed by atoms with Crippen molar-refractivity contribution >= 4 is 21.8 Å². The molecular weight excluding hydrogens is 268 g/mol. The zero-order valence-electron chi connectivity index (χ0n) is 9.27. The van der Waals surface area contributed by atoms with Crippen molar-refractivity contribution in [3.63, 3.8) is 0 Å². The molecule has 0 saturated carbocycles. The molecule has 4 heteroatoms. The number of nitrogens with zero attached hydrogens (tertiary/aromatic N) is 2. The average Bonchev–Trinajstić information content (AvgIpc) is 2.27. The van der Waals surface area contributed by atoms with Crippen molar-refractivity contribution in [3.8, 4) is 6.07 Å². The predicted octanol–water partition coefficient (Wildman–Crippen LogP) is 2.41.